The highest BCUT2D eigenvalue weighted by Crippen LogP contribution is 2.34. The molecule has 96 valence electrons. The smallest absolute Gasteiger partial charge is 0.232 e. The average molecular weight is 246 g/mol. The Bertz CT molecular complexity index is 487. The van der Waals surface area contributed by atoms with Crippen molar-refractivity contribution in [2.45, 2.75) is 25.9 Å². The zero-order chi connectivity index (χ0) is 12.7. The number of ether oxygens (including phenoxy) is 1. The van der Waals surface area contributed by atoms with Gasteiger partial charge in [-0.25, -0.2) is 0 Å². The number of carbonyl (C=O) groups excluding carboxylic acids is 1. The lowest BCUT2D eigenvalue weighted by Crippen LogP contribution is -2.35. The molecule has 0 aliphatic carbocycles. The van der Waals surface area contributed by atoms with Gasteiger partial charge in [-0.05, 0) is 31.9 Å². The van der Waals surface area contributed by atoms with E-state index in [0.29, 0.717) is 6.61 Å². The topological polar surface area (TPSA) is 55.6 Å². The van der Waals surface area contributed by atoms with Crippen molar-refractivity contribution >= 4 is 17.3 Å². The zero-order valence-electron chi connectivity index (χ0n) is 10.6. The first-order valence-corrected chi connectivity index (χ1v) is 6.47. The summed E-state index contributed by atoms with van der Waals surface area (Å²) in [5, 5.41) is 0. The first-order valence-electron chi connectivity index (χ1n) is 6.47. The number of hydrogen-bond donors (Lipinski definition) is 1. The predicted molar refractivity (Wildman–Crippen MR) is 70.4 cm³/mol. The molecule has 2 aliphatic rings. The van der Waals surface area contributed by atoms with Crippen LogP contribution in [0.1, 0.15) is 18.9 Å². The zero-order valence-corrected chi connectivity index (χ0v) is 10.6. The molecule has 4 heteroatoms. The van der Waals surface area contributed by atoms with E-state index >= 15 is 0 Å². The highest BCUT2D eigenvalue weighted by Gasteiger charge is 2.35. The van der Waals surface area contributed by atoms with Crippen molar-refractivity contribution in [2.75, 3.05) is 23.8 Å². The standard InChI is InChI=1S/C14H18N2O2/c1-9-7-10(8-18-9)14(17)16-6-5-11-12(15)3-2-4-13(11)16/h2-4,9-10H,5-8,15H2,1H3. The normalized spacial score (nSPS) is 26.4. The molecule has 1 aromatic rings. The molecule has 1 fully saturated rings. The van der Waals surface area contributed by atoms with E-state index < -0.39 is 0 Å². The van der Waals surface area contributed by atoms with Gasteiger partial charge in [-0.15, -0.1) is 0 Å². The summed E-state index contributed by atoms with van der Waals surface area (Å²) in [7, 11) is 0. The molecule has 0 radical (unpaired) electrons. The highest BCUT2D eigenvalue weighted by molar-refractivity contribution is 5.98. The van der Waals surface area contributed by atoms with Gasteiger partial charge < -0.3 is 15.4 Å². The summed E-state index contributed by atoms with van der Waals surface area (Å²) in [5.74, 6) is 0.191. The summed E-state index contributed by atoms with van der Waals surface area (Å²) in [6.07, 6.45) is 1.88. The van der Waals surface area contributed by atoms with Crippen LogP contribution in [0.2, 0.25) is 0 Å². The third-order valence-corrected chi connectivity index (χ3v) is 3.88. The van der Waals surface area contributed by atoms with Crippen LogP contribution >= 0.6 is 0 Å². The predicted octanol–water partition coefficient (Wildman–Crippen LogP) is 1.58. The Kier molecular flexibility index (Phi) is 2.74. The molecule has 2 atom stereocenters. The molecule has 3 rings (SSSR count). The Labute approximate surface area is 107 Å². The molecule has 1 amide bonds. The summed E-state index contributed by atoms with van der Waals surface area (Å²) in [4.78, 5) is 14.3. The average Bonchev–Trinajstić information content (AvgIpc) is 2.95. The van der Waals surface area contributed by atoms with E-state index in [0.717, 1.165) is 36.3 Å². The summed E-state index contributed by atoms with van der Waals surface area (Å²) >= 11 is 0. The van der Waals surface area contributed by atoms with Crippen molar-refractivity contribution < 1.29 is 9.53 Å². The van der Waals surface area contributed by atoms with E-state index in [9.17, 15) is 4.79 Å². The molecule has 1 saturated heterocycles. The number of amides is 1. The maximum Gasteiger partial charge on any atom is 0.232 e. The van der Waals surface area contributed by atoms with Crippen LogP contribution in [-0.2, 0) is 16.0 Å². The van der Waals surface area contributed by atoms with Gasteiger partial charge in [0, 0.05) is 23.5 Å². The molecule has 18 heavy (non-hydrogen) atoms. The largest absolute Gasteiger partial charge is 0.398 e. The van der Waals surface area contributed by atoms with Crippen LogP contribution in [0.4, 0.5) is 11.4 Å². The van der Waals surface area contributed by atoms with Crippen LogP contribution in [0, 0.1) is 5.92 Å². The number of nitrogen functional groups attached to an aromatic ring is 1. The van der Waals surface area contributed by atoms with Crippen molar-refractivity contribution in [3.63, 3.8) is 0 Å². The number of rotatable bonds is 1. The lowest BCUT2D eigenvalue weighted by molar-refractivity contribution is -0.122. The summed E-state index contributed by atoms with van der Waals surface area (Å²) < 4.78 is 5.49. The molecule has 2 N–H and O–H groups in total. The minimum atomic E-state index is 0.00683. The molecular weight excluding hydrogens is 228 g/mol. The van der Waals surface area contributed by atoms with Crippen LogP contribution in [0.3, 0.4) is 0 Å². The fraction of sp³-hybridized carbons (Fsp3) is 0.500. The Balaban J connectivity index is 1.84. The first kappa shape index (κ1) is 11.5. The number of carbonyl (C=O) groups is 1. The van der Waals surface area contributed by atoms with Crippen molar-refractivity contribution in [1.29, 1.82) is 0 Å². The molecule has 1 aromatic carbocycles. The molecule has 0 aromatic heterocycles. The van der Waals surface area contributed by atoms with Crippen molar-refractivity contribution in [2.24, 2.45) is 5.92 Å². The second kappa shape index (κ2) is 4.28. The van der Waals surface area contributed by atoms with Crippen LogP contribution in [-0.4, -0.2) is 25.2 Å². The van der Waals surface area contributed by atoms with Gasteiger partial charge in [-0.2, -0.15) is 0 Å². The van der Waals surface area contributed by atoms with Crippen LogP contribution in [0.5, 0.6) is 0 Å². The van der Waals surface area contributed by atoms with Gasteiger partial charge in [0.15, 0.2) is 0 Å². The van der Waals surface area contributed by atoms with E-state index in [-0.39, 0.29) is 17.9 Å². The Morgan fingerprint density at radius 3 is 3.06 bits per heavy atom. The molecule has 2 aliphatic heterocycles. The van der Waals surface area contributed by atoms with Gasteiger partial charge >= 0.3 is 0 Å². The fourth-order valence-electron chi connectivity index (χ4n) is 2.90. The van der Waals surface area contributed by atoms with E-state index in [1.54, 1.807) is 0 Å². The second-order valence-electron chi connectivity index (χ2n) is 5.16. The number of benzene rings is 1. The van der Waals surface area contributed by atoms with E-state index in [2.05, 4.69) is 0 Å². The van der Waals surface area contributed by atoms with Crippen LogP contribution in [0.25, 0.3) is 0 Å². The monoisotopic (exact) mass is 246 g/mol. The van der Waals surface area contributed by atoms with Gasteiger partial charge in [0.2, 0.25) is 5.91 Å². The first-order chi connectivity index (χ1) is 8.66. The maximum atomic E-state index is 12.5. The van der Waals surface area contributed by atoms with Crippen LogP contribution < -0.4 is 10.6 Å². The van der Waals surface area contributed by atoms with Crippen molar-refractivity contribution in [3.05, 3.63) is 23.8 Å². The summed E-state index contributed by atoms with van der Waals surface area (Å²) in [5.41, 5.74) is 8.83. The van der Waals surface area contributed by atoms with Gasteiger partial charge in [0.1, 0.15) is 0 Å². The lowest BCUT2D eigenvalue weighted by Gasteiger charge is -2.20. The van der Waals surface area contributed by atoms with Gasteiger partial charge in [-0.3, -0.25) is 4.79 Å². The molecule has 2 unspecified atom stereocenters. The minimum absolute atomic E-state index is 0.00683. The molecule has 0 bridgehead atoms. The third-order valence-electron chi connectivity index (χ3n) is 3.88. The second-order valence-corrected chi connectivity index (χ2v) is 5.16. The number of anilines is 2. The van der Waals surface area contributed by atoms with Gasteiger partial charge in [-0.1, -0.05) is 6.07 Å². The third kappa shape index (κ3) is 1.77. The number of nitrogens with zero attached hydrogens (tertiary/aromatic N) is 1. The van der Waals surface area contributed by atoms with Gasteiger partial charge in [0.25, 0.3) is 0 Å². The molecule has 4 nitrogen and oxygen atoms in total. The Morgan fingerprint density at radius 1 is 1.50 bits per heavy atom. The number of fused-ring (bicyclic) bond motifs is 1. The van der Waals surface area contributed by atoms with E-state index in [4.69, 9.17) is 10.5 Å². The molecule has 0 spiro atoms. The lowest BCUT2D eigenvalue weighted by atomic mass is 10.0. The van der Waals surface area contributed by atoms with Crippen molar-refractivity contribution in [1.82, 2.24) is 0 Å². The van der Waals surface area contributed by atoms with E-state index in [1.165, 1.54) is 0 Å². The summed E-state index contributed by atoms with van der Waals surface area (Å²) in [6, 6.07) is 5.79. The van der Waals surface area contributed by atoms with Crippen LogP contribution in [0.15, 0.2) is 18.2 Å². The number of hydrogen-bond acceptors (Lipinski definition) is 3. The molecule has 0 saturated carbocycles. The molecular formula is C14H18N2O2. The van der Waals surface area contributed by atoms with Crippen molar-refractivity contribution in [3.8, 4) is 0 Å². The Morgan fingerprint density at radius 2 is 2.33 bits per heavy atom. The fourth-order valence-corrected chi connectivity index (χ4v) is 2.90. The quantitative estimate of drug-likeness (QED) is 0.765. The number of nitrogens with two attached hydrogens (primary N) is 1. The summed E-state index contributed by atoms with van der Waals surface area (Å²) in [6.45, 7) is 3.31. The Hall–Kier alpha value is -1.55. The van der Waals surface area contributed by atoms with E-state index in [1.807, 2.05) is 30.0 Å². The highest BCUT2D eigenvalue weighted by atomic mass is 16.5. The SMILES string of the molecule is CC1CC(C(=O)N2CCc3c(N)cccc32)CO1. The minimum Gasteiger partial charge on any atom is -0.398 e. The maximum absolute atomic E-state index is 12.5. The van der Waals surface area contributed by atoms with Gasteiger partial charge in [0.05, 0.1) is 18.6 Å². The molecule has 2 heterocycles.